The van der Waals surface area contributed by atoms with Crippen molar-refractivity contribution in [1.29, 1.82) is 0 Å². The molecular weight excluding hydrogens is 398 g/mol. The molecule has 0 aromatic rings. The highest BCUT2D eigenvalue weighted by Gasteiger charge is 2.49. The Morgan fingerprint density at radius 3 is 2.00 bits per heavy atom. The van der Waals surface area contributed by atoms with Crippen molar-refractivity contribution in [3.05, 3.63) is 0 Å². The summed E-state index contributed by atoms with van der Waals surface area (Å²) in [6.07, 6.45) is -6.77. The number of hydrogen-bond donors (Lipinski definition) is 8. The van der Waals surface area contributed by atoms with Gasteiger partial charge in [-0.3, -0.25) is 0 Å². The quantitative estimate of drug-likeness (QED) is 0.205. The standard InChI is InChI=1S/C18H37N5O7/c1-6-11(23)12(24)13(25)18(27-6)30-16-10(22)4-9(21)15(14(16)26)29-17-8(20)3-2-7(5-19)28-17/h6-18,24-26H,2-5,19-23H2,1H3/t6-,7+,8-,9+,10-,11-,12+,13-,14+,15-,16+,17-,18-/m1/s1. The van der Waals surface area contributed by atoms with E-state index in [1.165, 1.54) is 0 Å². The fraction of sp³-hybridized carbons (Fsp3) is 1.00. The van der Waals surface area contributed by atoms with Crippen molar-refractivity contribution < 1.29 is 34.3 Å². The molecule has 2 heterocycles. The molecule has 1 saturated carbocycles. The summed E-state index contributed by atoms with van der Waals surface area (Å²) in [7, 11) is 0. The molecule has 13 N–H and O–H groups in total. The highest BCUT2D eigenvalue weighted by atomic mass is 16.7. The molecule has 0 unspecified atom stereocenters. The Balaban J connectivity index is 1.68. The highest BCUT2D eigenvalue weighted by molar-refractivity contribution is 5.00. The van der Waals surface area contributed by atoms with Crippen LogP contribution in [-0.4, -0.2) is 101 Å². The SMILES string of the molecule is C[C@H]1O[C@H](O[C@@H]2[C@@H](O)[C@H](O[C@H]3O[C@H](CN)CC[C@H]3N)[C@@H](N)C[C@H]2N)[C@H](O)[C@@H](O)[C@@H]1N. The Bertz CT molecular complexity index is 563. The van der Waals surface area contributed by atoms with E-state index in [0.717, 1.165) is 6.42 Å². The van der Waals surface area contributed by atoms with Crippen LogP contribution in [-0.2, 0) is 18.9 Å². The third-order valence-electron chi connectivity index (χ3n) is 6.32. The van der Waals surface area contributed by atoms with Crippen molar-refractivity contribution in [3.8, 4) is 0 Å². The first-order valence-corrected chi connectivity index (χ1v) is 10.5. The average molecular weight is 436 g/mol. The Kier molecular flexibility index (Phi) is 8.04. The van der Waals surface area contributed by atoms with Crippen molar-refractivity contribution in [2.24, 2.45) is 28.7 Å². The minimum atomic E-state index is -1.40. The summed E-state index contributed by atoms with van der Waals surface area (Å²) in [6, 6.07) is -2.39. The molecule has 0 spiro atoms. The van der Waals surface area contributed by atoms with E-state index in [4.69, 9.17) is 47.6 Å². The lowest BCUT2D eigenvalue weighted by molar-refractivity contribution is -0.309. The van der Waals surface area contributed by atoms with Gasteiger partial charge in [-0.1, -0.05) is 0 Å². The van der Waals surface area contributed by atoms with E-state index >= 15 is 0 Å². The summed E-state index contributed by atoms with van der Waals surface area (Å²) >= 11 is 0. The summed E-state index contributed by atoms with van der Waals surface area (Å²) in [6.45, 7) is 1.99. The fourth-order valence-electron chi connectivity index (χ4n) is 4.29. The first-order chi connectivity index (χ1) is 14.1. The van der Waals surface area contributed by atoms with Gasteiger partial charge in [-0.25, -0.2) is 0 Å². The monoisotopic (exact) mass is 435 g/mol. The van der Waals surface area contributed by atoms with Gasteiger partial charge in [0, 0.05) is 18.6 Å². The predicted molar refractivity (Wildman–Crippen MR) is 106 cm³/mol. The topological polar surface area (TPSA) is 228 Å². The van der Waals surface area contributed by atoms with E-state index in [0.29, 0.717) is 13.0 Å². The zero-order valence-electron chi connectivity index (χ0n) is 17.2. The van der Waals surface area contributed by atoms with Crippen LogP contribution < -0.4 is 28.7 Å². The van der Waals surface area contributed by atoms with Crippen molar-refractivity contribution in [2.75, 3.05) is 6.54 Å². The maximum atomic E-state index is 11.0. The van der Waals surface area contributed by atoms with E-state index in [1.807, 2.05) is 0 Å². The van der Waals surface area contributed by atoms with Gasteiger partial charge in [0.25, 0.3) is 0 Å². The molecular formula is C18H37N5O7. The summed E-state index contributed by atoms with van der Waals surface area (Å²) in [5, 5.41) is 31.4. The first kappa shape index (κ1) is 24.2. The van der Waals surface area contributed by atoms with Crippen LogP contribution >= 0.6 is 0 Å². The fourth-order valence-corrected chi connectivity index (χ4v) is 4.29. The molecule has 0 aromatic carbocycles. The van der Waals surface area contributed by atoms with Crippen molar-refractivity contribution >= 4 is 0 Å². The van der Waals surface area contributed by atoms with Gasteiger partial charge in [-0.15, -0.1) is 0 Å². The highest BCUT2D eigenvalue weighted by Crippen LogP contribution is 2.30. The number of ether oxygens (including phenoxy) is 4. The van der Waals surface area contributed by atoms with Crippen LogP contribution in [0, 0.1) is 0 Å². The zero-order chi connectivity index (χ0) is 22.2. The lowest BCUT2D eigenvalue weighted by atomic mass is 9.84. The van der Waals surface area contributed by atoms with Gasteiger partial charge in [0.15, 0.2) is 12.6 Å². The first-order valence-electron chi connectivity index (χ1n) is 10.5. The molecule has 3 aliphatic rings. The van der Waals surface area contributed by atoms with Gasteiger partial charge in [-0.05, 0) is 26.2 Å². The summed E-state index contributed by atoms with van der Waals surface area (Å²) < 4.78 is 23.2. The Labute approximate surface area is 175 Å². The van der Waals surface area contributed by atoms with E-state index in [1.54, 1.807) is 6.92 Å². The second-order valence-corrected chi connectivity index (χ2v) is 8.63. The smallest absolute Gasteiger partial charge is 0.186 e. The number of rotatable bonds is 5. The summed E-state index contributed by atoms with van der Waals surface area (Å²) in [5.41, 5.74) is 30.0. The van der Waals surface area contributed by atoms with Crippen molar-refractivity contribution in [3.63, 3.8) is 0 Å². The molecule has 0 aromatic heterocycles. The zero-order valence-corrected chi connectivity index (χ0v) is 17.2. The second-order valence-electron chi connectivity index (χ2n) is 8.63. The van der Waals surface area contributed by atoms with Gasteiger partial charge in [0.2, 0.25) is 0 Å². The van der Waals surface area contributed by atoms with Crippen LogP contribution in [0.5, 0.6) is 0 Å². The van der Waals surface area contributed by atoms with E-state index in [2.05, 4.69) is 0 Å². The molecule has 13 atom stereocenters. The predicted octanol–water partition coefficient (Wildman–Crippen LogP) is -4.24. The molecule has 2 saturated heterocycles. The maximum Gasteiger partial charge on any atom is 0.186 e. The average Bonchev–Trinajstić information content (AvgIpc) is 2.71. The Morgan fingerprint density at radius 1 is 0.800 bits per heavy atom. The molecule has 0 radical (unpaired) electrons. The molecule has 0 bridgehead atoms. The molecule has 3 fully saturated rings. The molecule has 12 heteroatoms. The lowest BCUT2D eigenvalue weighted by Gasteiger charge is -2.47. The summed E-state index contributed by atoms with van der Waals surface area (Å²) in [4.78, 5) is 0. The summed E-state index contributed by atoms with van der Waals surface area (Å²) in [5.74, 6) is 0. The van der Waals surface area contributed by atoms with Crippen LogP contribution in [0.1, 0.15) is 26.2 Å². The van der Waals surface area contributed by atoms with Crippen LogP contribution in [0.4, 0.5) is 0 Å². The maximum absolute atomic E-state index is 11.0. The molecule has 176 valence electrons. The van der Waals surface area contributed by atoms with Crippen molar-refractivity contribution in [1.82, 2.24) is 0 Å². The molecule has 2 aliphatic heterocycles. The minimum absolute atomic E-state index is 0.181. The Morgan fingerprint density at radius 2 is 1.40 bits per heavy atom. The second kappa shape index (κ2) is 9.98. The molecule has 0 amide bonds. The minimum Gasteiger partial charge on any atom is -0.388 e. The lowest BCUT2D eigenvalue weighted by Crippen LogP contribution is -2.67. The number of hydrogen-bond acceptors (Lipinski definition) is 12. The van der Waals surface area contributed by atoms with Crippen LogP contribution in [0.25, 0.3) is 0 Å². The van der Waals surface area contributed by atoms with Gasteiger partial charge in [-0.2, -0.15) is 0 Å². The third-order valence-corrected chi connectivity index (χ3v) is 6.32. The number of aliphatic hydroxyl groups is 3. The number of aliphatic hydroxyl groups excluding tert-OH is 3. The molecule has 1 aliphatic carbocycles. The van der Waals surface area contributed by atoms with Crippen LogP contribution in [0.2, 0.25) is 0 Å². The van der Waals surface area contributed by atoms with Gasteiger partial charge in [0.1, 0.15) is 30.5 Å². The largest absolute Gasteiger partial charge is 0.388 e. The van der Waals surface area contributed by atoms with E-state index in [-0.39, 0.29) is 18.6 Å². The van der Waals surface area contributed by atoms with Gasteiger partial charge < -0.3 is 62.9 Å². The van der Waals surface area contributed by atoms with E-state index in [9.17, 15) is 15.3 Å². The van der Waals surface area contributed by atoms with Gasteiger partial charge >= 0.3 is 0 Å². The third kappa shape index (κ3) is 4.95. The molecule has 3 rings (SSSR count). The van der Waals surface area contributed by atoms with E-state index < -0.39 is 67.3 Å². The van der Waals surface area contributed by atoms with Gasteiger partial charge in [0.05, 0.1) is 24.3 Å². The van der Waals surface area contributed by atoms with Crippen LogP contribution in [0.15, 0.2) is 0 Å². The van der Waals surface area contributed by atoms with Crippen molar-refractivity contribution in [2.45, 2.75) is 106 Å². The number of nitrogens with two attached hydrogens (primary N) is 5. The molecule has 30 heavy (non-hydrogen) atoms. The van der Waals surface area contributed by atoms with Crippen LogP contribution in [0.3, 0.4) is 0 Å². The Hall–Kier alpha value is -0.480. The normalized spacial score (nSPS) is 52.9. The molecule has 12 nitrogen and oxygen atoms in total.